The van der Waals surface area contributed by atoms with Gasteiger partial charge in [-0.3, -0.25) is 4.98 Å². The van der Waals surface area contributed by atoms with E-state index in [2.05, 4.69) is 44.2 Å². The average Bonchev–Trinajstić information content (AvgIpc) is 2.31. The van der Waals surface area contributed by atoms with Crippen molar-refractivity contribution in [2.24, 2.45) is 17.8 Å². The summed E-state index contributed by atoms with van der Waals surface area (Å²) < 4.78 is 0. The van der Waals surface area contributed by atoms with E-state index in [1.165, 1.54) is 30.5 Å². The van der Waals surface area contributed by atoms with E-state index in [-0.39, 0.29) is 0 Å². The molecule has 1 aliphatic rings. The Labute approximate surface area is 111 Å². The molecule has 0 amide bonds. The lowest BCUT2D eigenvalue weighted by Crippen LogP contribution is -2.32. The molecule has 1 aromatic heterocycles. The highest BCUT2D eigenvalue weighted by atomic mass is 14.9. The van der Waals surface area contributed by atoms with Crippen LogP contribution in [0.15, 0.2) is 18.3 Å². The van der Waals surface area contributed by atoms with E-state index >= 15 is 0 Å². The highest BCUT2D eigenvalue weighted by Crippen LogP contribution is 2.39. The van der Waals surface area contributed by atoms with E-state index in [1.807, 2.05) is 12.3 Å². The molecular weight excluding hydrogens is 220 g/mol. The molecule has 18 heavy (non-hydrogen) atoms. The molecule has 0 aliphatic heterocycles. The van der Waals surface area contributed by atoms with Crippen LogP contribution in [0, 0.1) is 24.7 Å². The SMILES string of the molecule is CNC(c1ncccc1C)C1CC(C)CC(C)C1. The Hall–Kier alpha value is -0.890. The van der Waals surface area contributed by atoms with Crippen LogP contribution in [0.25, 0.3) is 0 Å². The number of aromatic nitrogens is 1. The van der Waals surface area contributed by atoms with Crippen molar-refractivity contribution in [1.82, 2.24) is 10.3 Å². The second kappa shape index (κ2) is 5.83. The predicted molar refractivity (Wildman–Crippen MR) is 76.4 cm³/mol. The van der Waals surface area contributed by atoms with Crippen molar-refractivity contribution in [3.05, 3.63) is 29.6 Å². The summed E-state index contributed by atoms with van der Waals surface area (Å²) in [5.41, 5.74) is 2.55. The minimum Gasteiger partial charge on any atom is -0.311 e. The van der Waals surface area contributed by atoms with Gasteiger partial charge in [0.2, 0.25) is 0 Å². The van der Waals surface area contributed by atoms with Gasteiger partial charge in [-0.2, -0.15) is 0 Å². The van der Waals surface area contributed by atoms with Crippen LogP contribution in [-0.4, -0.2) is 12.0 Å². The Morgan fingerprint density at radius 3 is 2.44 bits per heavy atom. The molecule has 0 saturated heterocycles. The highest BCUT2D eigenvalue weighted by molar-refractivity contribution is 5.22. The normalized spacial score (nSPS) is 30.1. The first-order valence-electron chi connectivity index (χ1n) is 7.20. The smallest absolute Gasteiger partial charge is 0.0604 e. The third kappa shape index (κ3) is 2.92. The van der Waals surface area contributed by atoms with Crippen molar-refractivity contribution in [3.8, 4) is 0 Å². The van der Waals surface area contributed by atoms with Crippen LogP contribution in [-0.2, 0) is 0 Å². The molecule has 1 saturated carbocycles. The maximum absolute atomic E-state index is 4.61. The van der Waals surface area contributed by atoms with Crippen molar-refractivity contribution in [2.45, 2.75) is 46.1 Å². The molecule has 1 heterocycles. The maximum Gasteiger partial charge on any atom is 0.0604 e. The first-order chi connectivity index (χ1) is 8.61. The summed E-state index contributed by atoms with van der Waals surface area (Å²) in [6, 6.07) is 4.61. The van der Waals surface area contributed by atoms with Gasteiger partial charge in [-0.25, -0.2) is 0 Å². The van der Waals surface area contributed by atoms with Crippen molar-refractivity contribution in [3.63, 3.8) is 0 Å². The third-order valence-electron chi connectivity index (χ3n) is 4.34. The van der Waals surface area contributed by atoms with Gasteiger partial charge in [0.25, 0.3) is 0 Å². The summed E-state index contributed by atoms with van der Waals surface area (Å²) in [4.78, 5) is 4.61. The summed E-state index contributed by atoms with van der Waals surface area (Å²) in [6.07, 6.45) is 5.95. The van der Waals surface area contributed by atoms with Crippen LogP contribution in [0.1, 0.15) is 50.4 Å². The number of hydrogen-bond acceptors (Lipinski definition) is 2. The van der Waals surface area contributed by atoms with Gasteiger partial charge in [-0.15, -0.1) is 0 Å². The zero-order valence-electron chi connectivity index (χ0n) is 12.1. The molecule has 0 bridgehead atoms. The molecule has 1 fully saturated rings. The number of nitrogens with zero attached hydrogens (tertiary/aromatic N) is 1. The van der Waals surface area contributed by atoms with E-state index in [1.54, 1.807) is 0 Å². The summed E-state index contributed by atoms with van der Waals surface area (Å²) >= 11 is 0. The van der Waals surface area contributed by atoms with E-state index in [4.69, 9.17) is 0 Å². The molecule has 2 heteroatoms. The lowest BCUT2D eigenvalue weighted by Gasteiger charge is -2.36. The number of hydrogen-bond donors (Lipinski definition) is 1. The van der Waals surface area contributed by atoms with Crippen molar-refractivity contribution >= 4 is 0 Å². The zero-order valence-corrected chi connectivity index (χ0v) is 12.1. The van der Waals surface area contributed by atoms with Crippen LogP contribution in [0.2, 0.25) is 0 Å². The highest BCUT2D eigenvalue weighted by Gasteiger charge is 2.31. The second-order valence-electron chi connectivity index (χ2n) is 6.15. The average molecular weight is 246 g/mol. The molecule has 100 valence electrons. The van der Waals surface area contributed by atoms with Gasteiger partial charge in [0.1, 0.15) is 0 Å². The quantitative estimate of drug-likeness (QED) is 0.879. The van der Waals surface area contributed by atoms with Gasteiger partial charge in [-0.1, -0.05) is 19.9 Å². The van der Waals surface area contributed by atoms with Gasteiger partial charge in [-0.05, 0) is 62.6 Å². The Kier molecular flexibility index (Phi) is 4.39. The third-order valence-corrected chi connectivity index (χ3v) is 4.34. The molecular formula is C16H26N2. The van der Waals surface area contributed by atoms with Crippen molar-refractivity contribution in [1.29, 1.82) is 0 Å². The summed E-state index contributed by atoms with van der Waals surface area (Å²) in [5, 5.41) is 3.51. The monoisotopic (exact) mass is 246 g/mol. The molecule has 1 aliphatic carbocycles. The molecule has 2 rings (SSSR count). The van der Waals surface area contributed by atoms with Crippen LogP contribution in [0.4, 0.5) is 0 Å². The summed E-state index contributed by atoms with van der Waals surface area (Å²) in [5.74, 6) is 2.42. The lowest BCUT2D eigenvalue weighted by molar-refractivity contribution is 0.178. The molecule has 3 unspecified atom stereocenters. The van der Waals surface area contributed by atoms with Crippen molar-refractivity contribution < 1.29 is 0 Å². The second-order valence-corrected chi connectivity index (χ2v) is 6.15. The fourth-order valence-electron chi connectivity index (χ4n) is 3.70. The van der Waals surface area contributed by atoms with Crippen LogP contribution in [0.5, 0.6) is 0 Å². The Bertz CT molecular complexity index is 378. The fraction of sp³-hybridized carbons (Fsp3) is 0.688. The van der Waals surface area contributed by atoms with E-state index in [0.29, 0.717) is 6.04 Å². The molecule has 2 nitrogen and oxygen atoms in total. The van der Waals surface area contributed by atoms with Gasteiger partial charge < -0.3 is 5.32 Å². The number of rotatable bonds is 3. The van der Waals surface area contributed by atoms with Crippen molar-refractivity contribution in [2.75, 3.05) is 7.05 Å². The standard InChI is InChI=1S/C16H26N2/c1-11-8-12(2)10-14(9-11)16(17-4)15-13(3)6-5-7-18-15/h5-7,11-12,14,16-17H,8-10H2,1-4H3. The molecule has 1 aromatic rings. The van der Waals surface area contributed by atoms with E-state index in [0.717, 1.165) is 17.8 Å². The first kappa shape index (κ1) is 13.5. The van der Waals surface area contributed by atoms with E-state index in [9.17, 15) is 0 Å². The van der Waals surface area contributed by atoms with Crippen LogP contribution in [0.3, 0.4) is 0 Å². The summed E-state index contributed by atoms with van der Waals surface area (Å²) in [6.45, 7) is 6.95. The lowest BCUT2D eigenvalue weighted by atomic mass is 9.73. The summed E-state index contributed by atoms with van der Waals surface area (Å²) in [7, 11) is 2.07. The molecule has 1 N–H and O–H groups in total. The Balaban J connectivity index is 2.20. The minimum atomic E-state index is 0.413. The predicted octanol–water partition coefficient (Wildman–Crippen LogP) is 3.72. The zero-order chi connectivity index (χ0) is 13.1. The number of pyridine rings is 1. The van der Waals surface area contributed by atoms with Gasteiger partial charge >= 0.3 is 0 Å². The largest absolute Gasteiger partial charge is 0.311 e. The van der Waals surface area contributed by atoms with Gasteiger partial charge in [0, 0.05) is 6.20 Å². The molecule has 0 spiro atoms. The first-order valence-corrected chi connectivity index (χ1v) is 7.20. The Morgan fingerprint density at radius 1 is 1.22 bits per heavy atom. The number of aryl methyl sites for hydroxylation is 1. The minimum absolute atomic E-state index is 0.413. The topological polar surface area (TPSA) is 24.9 Å². The molecule has 0 radical (unpaired) electrons. The van der Waals surface area contributed by atoms with Gasteiger partial charge in [0.15, 0.2) is 0 Å². The van der Waals surface area contributed by atoms with Crippen LogP contribution >= 0.6 is 0 Å². The number of nitrogens with one attached hydrogen (secondary N) is 1. The maximum atomic E-state index is 4.61. The van der Waals surface area contributed by atoms with Gasteiger partial charge in [0.05, 0.1) is 11.7 Å². The molecule has 0 aromatic carbocycles. The molecule has 3 atom stereocenters. The Morgan fingerprint density at radius 2 is 1.89 bits per heavy atom. The van der Waals surface area contributed by atoms with Crippen LogP contribution < -0.4 is 5.32 Å². The van der Waals surface area contributed by atoms with E-state index < -0.39 is 0 Å². The fourth-order valence-corrected chi connectivity index (χ4v) is 3.70.